The third-order valence-electron chi connectivity index (χ3n) is 5.43. The maximum absolute atomic E-state index is 12.6. The summed E-state index contributed by atoms with van der Waals surface area (Å²) >= 11 is 0. The van der Waals surface area contributed by atoms with E-state index in [0.717, 1.165) is 27.3 Å². The number of carbonyl (C=O) groups is 1. The fourth-order valence-corrected chi connectivity index (χ4v) is 4.11. The van der Waals surface area contributed by atoms with Crippen molar-refractivity contribution in [3.05, 3.63) is 94.6 Å². The Morgan fingerprint density at radius 2 is 1.93 bits per heavy atom. The molecule has 0 amide bonds. The number of hydrogen-bond donors (Lipinski definition) is 0. The largest absolute Gasteiger partial charge is 0.468 e. The summed E-state index contributed by atoms with van der Waals surface area (Å²) < 4.78 is 5.11. The second-order valence-corrected chi connectivity index (χ2v) is 6.78. The summed E-state index contributed by atoms with van der Waals surface area (Å²) in [5.74, 6) is -0.303. The second-order valence-electron chi connectivity index (χ2n) is 6.78. The first-order valence-corrected chi connectivity index (χ1v) is 8.90. The lowest BCUT2D eigenvalue weighted by Gasteiger charge is -2.32. The van der Waals surface area contributed by atoms with Crippen LogP contribution in [0, 0.1) is 5.41 Å². The maximum atomic E-state index is 12.6. The lowest BCUT2D eigenvalue weighted by atomic mass is 9.72. The number of ether oxygens (including phenoxy) is 1. The van der Waals surface area contributed by atoms with Crippen LogP contribution in [0.4, 0.5) is 0 Å². The number of methoxy groups -OCH3 is 1. The molecule has 0 saturated heterocycles. The fourth-order valence-electron chi connectivity index (χ4n) is 4.11. The van der Waals surface area contributed by atoms with Gasteiger partial charge in [-0.05, 0) is 27.3 Å². The van der Waals surface area contributed by atoms with Gasteiger partial charge in [-0.3, -0.25) is 9.79 Å². The Kier molecular flexibility index (Phi) is 3.37. The zero-order valence-corrected chi connectivity index (χ0v) is 14.8. The highest BCUT2D eigenvalue weighted by molar-refractivity contribution is 6.01. The third kappa shape index (κ3) is 2.15. The van der Waals surface area contributed by atoms with Gasteiger partial charge in [0.15, 0.2) is 0 Å². The number of fused-ring (bicyclic) bond motifs is 5. The van der Waals surface area contributed by atoms with Crippen molar-refractivity contribution >= 4 is 34.6 Å². The molecule has 0 bridgehead atoms. The van der Waals surface area contributed by atoms with Crippen LogP contribution >= 0.6 is 0 Å². The Labute approximate surface area is 156 Å². The zero-order valence-electron chi connectivity index (χ0n) is 14.8. The lowest BCUT2D eigenvalue weighted by molar-refractivity contribution is -0.145. The molecule has 0 fully saturated rings. The Balaban J connectivity index is 1.90. The molecule has 1 atom stereocenters. The number of hydrogen-bond acceptors (Lipinski definition) is 3. The van der Waals surface area contributed by atoms with Gasteiger partial charge in [0.25, 0.3) is 0 Å². The quantitative estimate of drug-likeness (QED) is 0.741. The predicted octanol–water partition coefficient (Wildman–Crippen LogP) is 2.96. The van der Waals surface area contributed by atoms with Crippen LogP contribution < -0.4 is 10.4 Å². The van der Waals surface area contributed by atoms with Crippen LogP contribution in [0.15, 0.2) is 89.1 Å². The Hall–Kier alpha value is -3.46. The topological polar surface area (TPSA) is 38.7 Å². The first-order chi connectivity index (χ1) is 13.2. The normalized spacial score (nSPS) is 22.0. The molecule has 27 heavy (non-hydrogen) atoms. The number of aliphatic imine (C=N–C) groups is 1. The van der Waals surface area contributed by atoms with Crippen molar-refractivity contribution in [1.82, 2.24) is 0 Å². The van der Waals surface area contributed by atoms with E-state index < -0.39 is 5.41 Å². The van der Waals surface area contributed by atoms with E-state index in [4.69, 9.17) is 9.73 Å². The maximum Gasteiger partial charge on any atom is 0.324 e. The van der Waals surface area contributed by atoms with E-state index in [-0.39, 0.29) is 5.97 Å². The molecule has 130 valence electrons. The number of esters is 1. The number of allylic oxidation sites excluding steroid dienone is 4. The molecular weight excluding hydrogens is 334 g/mol. The lowest BCUT2D eigenvalue weighted by Crippen LogP contribution is -2.35. The van der Waals surface area contributed by atoms with Crippen molar-refractivity contribution < 1.29 is 9.53 Å². The van der Waals surface area contributed by atoms with Crippen LogP contribution in [0.25, 0.3) is 22.4 Å². The SMILES string of the molecule is COC(=O)C12C=CC=CC1=C1N=CC=c3c(ccc4ccccc34)=C1C=C2. The van der Waals surface area contributed by atoms with Gasteiger partial charge in [-0.25, -0.2) is 0 Å². The summed E-state index contributed by atoms with van der Waals surface area (Å²) in [5, 5.41) is 4.65. The molecule has 0 aromatic heterocycles. The average molecular weight is 351 g/mol. The van der Waals surface area contributed by atoms with Gasteiger partial charge in [-0.1, -0.05) is 72.9 Å². The molecule has 3 heteroatoms. The van der Waals surface area contributed by atoms with Crippen molar-refractivity contribution in [2.75, 3.05) is 7.11 Å². The van der Waals surface area contributed by atoms with Crippen molar-refractivity contribution in [3.8, 4) is 0 Å². The van der Waals surface area contributed by atoms with Crippen molar-refractivity contribution in [2.45, 2.75) is 0 Å². The second kappa shape index (κ2) is 5.78. The van der Waals surface area contributed by atoms with E-state index in [1.807, 2.05) is 54.8 Å². The molecule has 5 rings (SSSR count). The van der Waals surface area contributed by atoms with Crippen molar-refractivity contribution in [2.24, 2.45) is 10.4 Å². The van der Waals surface area contributed by atoms with Crippen molar-refractivity contribution in [3.63, 3.8) is 0 Å². The average Bonchev–Trinajstić information content (AvgIpc) is 2.92. The highest BCUT2D eigenvalue weighted by Gasteiger charge is 2.42. The van der Waals surface area contributed by atoms with Gasteiger partial charge in [0.05, 0.1) is 12.8 Å². The van der Waals surface area contributed by atoms with Gasteiger partial charge in [0.2, 0.25) is 0 Å². The van der Waals surface area contributed by atoms with E-state index >= 15 is 0 Å². The van der Waals surface area contributed by atoms with Gasteiger partial charge in [-0.2, -0.15) is 0 Å². The van der Waals surface area contributed by atoms with Gasteiger partial charge >= 0.3 is 5.97 Å². The third-order valence-corrected chi connectivity index (χ3v) is 5.43. The van der Waals surface area contributed by atoms with E-state index in [9.17, 15) is 4.79 Å². The van der Waals surface area contributed by atoms with Crippen LogP contribution in [-0.2, 0) is 9.53 Å². The van der Waals surface area contributed by atoms with Gasteiger partial charge in [-0.15, -0.1) is 0 Å². The summed E-state index contributed by atoms with van der Waals surface area (Å²) in [4.78, 5) is 17.4. The number of benzene rings is 2. The Bertz CT molecular complexity index is 1270. The smallest absolute Gasteiger partial charge is 0.324 e. The minimum atomic E-state index is -0.916. The molecule has 1 unspecified atom stereocenters. The van der Waals surface area contributed by atoms with Crippen molar-refractivity contribution in [1.29, 1.82) is 0 Å². The molecule has 3 nitrogen and oxygen atoms in total. The zero-order chi connectivity index (χ0) is 18.4. The summed E-state index contributed by atoms with van der Waals surface area (Å²) in [6.07, 6.45) is 15.5. The minimum Gasteiger partial charge on any atom is -0.468 e. The molecule has 2 aliphatic carbocycles. The molecule has 0 saturated carbocycles. The molecule has 2 aromatic rings. The fraction of sp³-hybridized carbons (Fsp3) is 0.0833. The van der Waals surface area contributed by atoms with Gasteiger partial charge in [0, 0.05) is 17.4 Å². The van der Waals surface area contributed by atoms with Crippen LogP contribution in [0.3, 0.4) is 0 Å². The van der Waals surface area contributed by atoms with E-state index in [1.54, 1.807) is 0 Å². The number of carbonyl (C=O) groups excluding carboxylic acids is 1. The van der Waals surface area contributed by atoms with Crippen LogP contribution in [0.1, 0.15) is 0 Å². The van der Waals surface area contributed by atoms with E-state index in [1.165, 1.54) is 17.9 Å². The van der Waals surface area contributed by atoms with Crippen LogP contribution in [0.5, 0.6) is 0 Å². The Morgan fingerprint density at radius 3 is 2.81 bits per heavy atom. The van der Waals surface area contributed by atoms with E-state index in [0.29, 0.717) is 0 Å². The number of rotatable bonds is 1. The van der Waals surface area contributed by atoms with Crippen LogP contribution in [-0.4, -0.2) is 19.3 Å². The predicted molar refractivity (Wildman–Crippen MR) is 108 cm³/mol. The monoisotopic (exact) mass is 351 g/mol. The molecule has 1 aliphatic heterocycles. The summed E-state index contributed by atoms with van der Waals surface area (Å²) in [6.45, 7) is 0. The summed E-state index contributed by atoms with van der Waals surface area (Å²) in [6, 6.07) is 12.6. The van der Waals surface area contributed by atoms with Gasteiger partial charge in [0.1, 0.15) is 5.41 Å². The highest BCUT2D eigenvalue weighted by atomic mass is 16.5. The molecule has 3 aliphatic rings. The summed E-state index contributed by atoms with van der Waals surface area (Å²) in [5.41, 5.74) is 1.77. The molecule has 0 radical (unpaired) electrons. The number of nitrogens with zero attached hydrogens (tertiary/aromatic N) is 1. The molecule has 1 heterocycles. The summed E-state index contributed by atoms with van der Waals surface area (Å²) in [7, 11) is 1.42. The first kappa shape index (κ1) is 15.8. The Morgan fingerprint density at radius 1 is 1.04 bits per heavy atom. The van der Waals surface area contributed by atoms with Gasteiger partial charge < -0.3 is 4.74 Å². The van der Waals surface area contributed by atoms with Crippen LogP contribution in [0.2, 0.25) is 0 Å². The highest BCUT2D eigenvalue weighted by Crippen LogP contribution is 2.44. The molecule has 0 spiro atoms. The molecule has 0 N–H and O–H groups in total. The minimum absolute atomic E-state index is 0.303. The first-order valence-electron chi connectivity index (χ1n) is 8.90. The van der Waals surface area contributed by atoms with E-state index in [2.05, 4.69) is 30.3 Å². The standard InChI is InChI=1S/C24H17NO2/c1-27-23(26)24-13-5-4-8-21(24)22-20(11-14-24)18-10-9-16-6-2-3-7-17(16)19(18)12-15-25-22/h2-15H,1H3. The molecular formula is C24H17NO2. The molecule has 2 aromatic carbocycles.